The van der Waals surface area contributed by atoms with Crippen molar-refractivity contribution in [3.05, 3.63) is 27.8 Å². The molecule has 1 aliphatic heterocycles. The van der Waals surface area contributed by atoms with Gasteiger partial charge in [-0.25, -0.2) is 9.78 Å². The third kappa shape index (κ3) is 1.44. The van der Waals surface area contributed by atoms with E-state index in [0.717, 1.165) is 19.5 Å². The van der Waals surface area contributed by atoms with Gasteiger partial charge in [-0.2, -0.15) is 0 Å². The van der Waals surface area contributed by atoms with Crippen LogP contribution in [-0.2, 0) is 0 Å². The van der Waals surface area contributed by atoms with Crippen LogP contribution in [0.2, 0.25) is 5.02 Å². The summed E-state index contributed by atoms with van der Waals surface area (Å²) in [6.45, 7) is 1.76. The highest BCUT2D eigenvalue weighted by atomic mass is 35.5. The Hall–Kier alpha value is -1.33. The van der Waals surface area contributed by atoms with Crippen molar-refractivity contribution in [3.63, 3.8) is 0 Å². The number of pyridine rings is 1. The number of nitrogens with zero attached hydrogens (tertiary/aromatic N) is 2. The van der Waals surface area contributed by atoms with E-state index in [0.29, 0.717) is 16.2 Å². The van der Waals surface area contributed by atoms with E-state index in [-0.39, 0.29) is 11.7 Å². The molecule has 1 unspecified atom stereocenters. The standard InChI is InChI=1S/C10H11ClN4O/c11-6-3-8-9(13-4-6)15(10(16)14-8)7-1-2-12-5-7/h3-4,7,12H,1-2,5H2,(H,14,16). The van der Waals surface area contributed by atoms with Crippen LogP contribution in [0.4, 0.5) is 0 Å². The Kier molecular flexibility index (Phi) is 2.22. The summed E-state index contributed by atoms with van der Waals surface area (Å²) in [5, 5.41) is 3.77. The SMILES string of the molecule is O=c1[nH]c2cc(Cl)cnc2n1C1CCNC1. The predicted octanol–water partition coefficient (Wildman–Crippen LogP) is 0.912. The lowest BCUT2D eigenvalue weighted by molar-refractivity contribution is 0.542. The van der Waals surface area contributed by atoms with Crippen LogP contribution in [0.15, 0.2) is 17.1 Å². The van der Waals surface area contributed by atoms with Crippen molar-refractivity contribution in [2.45, 2.75) is 12.5 Å². The van der Waals surface area contributed by atoms with Crippen LogP contribution < -0.4 is 11.0 Å². The molecule has 1 fully saturated rings. The van der Waals surface area contributed by atoms with Gasteiger partial charge in [0, 0.05) is 12.7 Å². The highest BCUT2D eigenvalue weighted by Crippen LogP contribution is 2.19. The predicted molar refractivity (Wildman–Crippen MR) is 61.9 cm³/mol. The fourth-order valence-corrected chi connectivity index (χ4v) is 2.34. The van der Waals surface area contributed by atoms with Gasteiger partial charge in [0.15, 0.2) is 5.65 Å². The number of aromatic nitrogens is 3. The number of H-pyrrole nitrogens is 1. The van der Waals surface area contributed by atoms with E-state index >= 15 is 0 Å². The zero-order chi connectivity index (χ0) is 11.1. The number of nitrogens with one attached hydrogen (secondary N) is 2. The van der Waals surface area contributed by atoms with Gasteiger partial charge >= 0.3 is 5.69 Å². The second kappa shape index (κ2) is 3.61. The Labute approximate surface area is 96.4 Å². The molecule has 0 bridgehead atoms. The van der Waals surface area contributed by atoms with Crippen molar-refractivity contribution in [3.8, 4) is 0 Å². The fraction of sp³-hybridized carbons (Fsp3) is 0.400. The Morgan fingerprint density at radius 3 is 3.19 bits per heavy atom. The summed E-state index contributed by atoms with van der Waals surface area (Å²) in [5.41, 5.74) is 1.27. The van der Waals surface area contributed by atoms with Gasteiger partial charge in [0.05, 0.1) is 16.6 Å². The maximum atomic E-state index is 11.8. The van der Waals surface area contributed by atoms with Crippen LogP contribution in [0.5, 0.6) is 0 Å². The molecule has 2 N–H and O–H groups in total. The van der Waals surface area contributed by atoms with E-state index in [1.807, 2.05) is 0 Å². The fourth-order valence-electron chi connectivity index (χ4n) is 2.19. The lowest BCUT2D eigenvalue weighted by Crippen LogP contribution is -2.24. The van der Waals surface area contributed by atoms with E-state index in [1.165, 1.54) is 0 Å². The van der Waals surface area contributed by atoms with Gasteiger partial charge in [-0.3, -0.25) is 4.57 Å². The van der Waals surface area contributed by atoms with E-state index in [2.05, 4.69) is 15.3 Å². The molecule has 3 rings (SSSR count). The van der Waals surface area contributed by atoms with Crippen molar-refractivity contribution in [1.29, 1.82) is 0 Å². The minimum Gasteiger partial charge on any atom is -0.315 e. The molecular formula is C10H11ClN4O. The number of hydrogen-bond donors (Lipinski definition) is 2. The summed E-state index contributed by atoms with van der Waals surface area (Å²) in [6.07, 6.45) is 2.52. The van der Waals surface area contributed by atoms with Crippen molar-refractivity contribution < 1.29 is 0 Å². The van der Waals surface area contributed by atoms with Crippen LogP contribution in [-0.4, -0.2) is 27.6 Å². The highest BCUT2D eigenvalue weighted by Gasteiger charge is 2.21. The molecule has 0 amide bonds. The Morgan fingerprint density at radius 1 is 1.56 bits per heavy atom. The van der Waals surface area contributed by atoms with E-state index in [4.69, 9.17) is 11.6 Å². The van der Waals surface area contributed by atoms with Crippen molar-refractivity contribution >= 4 is 22.8 Å². The molecule has 3 heterocycles. The molecule has 0 radical (unpaired) electrons. The van der Waals surface area contributed by atoms with Gasteiger partial charge in [-0.05, 0) is 19.0 Å². The molecule has 84 valence electrons. The number of aromatic amines is 1. The van der Waals surface area contributed by atoms with Gasteiger partial charge in [-0.1, -0.05) is 11.6 Å². The first-order valence-corrected chi connectivity index (χ1v) is 5.60. The molecule has 16 heavy (non-hydrogen) atoms. The van der Waals surface area contributed by atoms with Crippen molar-refractivity contribution in [2.75, 3.05) is 13.1 Å². The lowest BCUT2D eigenvalue weighted by Gasteiger charge is -2.09. The van der Waals surface area contributed by atoms with Crippen LogP contribution in [0.25, 0.3) is 11.2 Å². The molecule has 0 spiro atoms. The Bertz CT molecular complexity index is 582. The quantitative estimate of drug-likeness (QED) is 0.777. The van der Waals surface area contributed by atoms with E-state index in [1.54, 1.807) is 16.8 Å². The van der Waals surface area contributed by atoms with Gasteiger partial charge in [0.25, 0.3) is 0 Å². The average Bonchev–Trinajstić information content (AvgIpc) is 2.83. The first kappa shape index (κ1) is 9.86. The van der Waals surface area contributed by atoms with Crippen LogP contribution in [0.3, 0.4) is 0 Å². The molecule has 1 aliphatic rings. The largest absolute Gasteiger partial charge is 0.327 e. The summed E-state index contributed by atoms with van der Waals surface area (Å²) in [4.78, 5) is 18.8. The molecule has 6 heteroatoms. The number of hydrogen-bond acceptors (Lipinski definition) is 3. The summed E-state index contributed by atoms with van der Waals surface area (Å²) in [6, 6.07) is 1.92. The van der Waals surface area contributed by atoms with Crippen LogP contribution in [0, 0.1) is 0 Å². The molecule has 2 aromatic heterocycles. The summed E-state index contributed by atoms with van der Waals surface area (Å²) in [7, 11) is 0. The summed E-state index contributed by atoms with van der Waals surface area (Å²) in [5.74, 6) is 0. The Balaban J connectivity index is 2.23. The van der Waals surface area contributed by atoms with Crippen molar-refractivity contribution in [2.24, 2.45) is 0 Å². The van der Waals surface area contributed by atoms with E-state index < -0.39 is 0 Å². The smallest absolute Gasteiger partial charge is 0.315 e. The zero-order valence-electron chi connectivity index (χ0n) is 8.53. The monoisotopic (exact) mass is 238 g/mol. The third-order valence-electron chi connectivity index (χ3n) is 2.92. The number of imidazole rings is 1. The summed E-state index contributed by atoms with van der Waals surface area (Å²) < 4.78 is 1.71. The molecule has 0 aromatic carbocycles. The molecule has 1 saturated heterocycles. The second-order valence-corrected chi connectivity index (χ2v) is 4.41. The normalized spacial score (nSPS) is 20.7. The molecule has 1 atom stereocenters. The number of fused-ring (bicyclic) bond motifs is 1. The first-order valence-electron chi connectivity index (χ1n) is 5.22. The van der Waals surface area contributed by atoms with Gasteiger partial charge in [0.1, 0.15) is 0 Å². The molecule has 2 aromatic rings. The molecule has 5 nitrogen and oxygen atoms in total. The van der Waals surface area contributed by atoms with E-state index in [9.17, 15) is 4.79 Å². The topological polar surface area (TPSA) is 62.7 Å². The van der Waals surface area contributed by atoms with Crippen LogP contribution in [0.1, 0.15) is 12.5 Å². The number of rotatable bonds is 1. The summed E-state index contributed by atoms with van der Waals surface area (Å²) >= 11 is 5.83. The average molecular weight is 239 g/mol. The number of halogens is 1. The minimum atomic E-state index is -0.113. The Morgan fingerprint density at radius 2 is 2.44 bits per heavy atom. The maximum absolute atomic E-state index is 11.8. The van der Waals surface area contributed by atoms with Gasteiger partial charge in [-0.15, -0.1) is 0 Å². The van der Waals surface area contributed by atoms with Crippen LogP contribution >= 0.6 is 11.6 Å². The second-order valence-electron chi connectivity index (χ2n) is 3.97. The minimum absolute atomic E-state index is 0.113. The molecule has 0 aliphatic carbocycles. The van der Waals surface area contributed by atoms with Gasteiger partial charge < -0.3 is 10.3 Å². The van der Waals surface area contributed by atoms with Gasteiger partial charge in [0.2, 0.25) is 0 Å². The molecule has 0 saturated carbocycles. The van der Waals surface area contributed by atoms with Crippen molar-refractivity contribution in [1.82, 2.24) is 19.9 Å². The maximum Gasteiger partial charge on any atom is 0.327 e. The molecular weight excluding hydrogens is 228 g/mol. The third-order valence-corrected chi connectivity index (χ3v) is 3.13. The first-order chi connectivity index (χ1) is 7.75. The zero-order valence-corrected chi connectivity index (χ0v) is 9.29. The highest BCUT2D eigenvalue weighted by molar-refractivity contribution is 6.31. The lowest BCUT2D eigenvalue weighted by atomic mass is 10.2.